The monoisotopic (exact) mass is 464 g/mol. The van der Waals surface area contributed by atoms with Gasteiger partial charge in [0.05, 0.1) is 11.6 Å². The van der Waals surface area contributed by atoms with Gasteiger partial charge in [0.25, 0.3) is 5.91 Å². The summed E-state index contributed by atoms with van der Waals surface area (Å²) >= 11 is 0. The Morgan fingerprint density at radius 1 is 1.12 bits per heavy atom. The molecule has 2 atom stereocenters. The van der Waals surface area contributed by atoms with Crippen LogP contribution in [0.2, 0.25) is 0 Å². The molecule has 0 radical (unpaired) electrons. The molecule has 2 aromatic rings. The molecule has 9 heteroatoms. The zero-order valence-electron chi connectivity index (χ0n) is 19.5. The average Bonchev–Trinajstić information content (AvgIpc) is 2.86. The third-order valence-corrected chi connectivity index (χ3v) is 7.58. The van der Waals surface area contributed by atoms with Gasteiger partial charge in [-0.2, -0.15) is 0 Å². The number of piperidine rings is 2. The molecule has 180 valence electrons. The molecule has 9 nitrogen and oxygen atoms in total. The van der Waals surface area contributed by atoms with Crippen LogP contribution in [0.4, 0.5) is 5.82 Å². The Morgan fingerprint density at radius 2 is 1.88 bits per heavy atom. The SMILES string of the molecule is CC(=O)N1CCC(Nc2cc(C(=O)N3CCC4(Cc5ccccc5CN4)C(O)C3)ncn2)CC1. The fraction of sp³-hybridized carbons (Fsp3) is 0.520. The lowest BCUT2D eigenvalue weighted by Gasteiger charge is -2.48. The van der Waals surface area contributed by atoms with E-state index < -0.39 is 11.6 Å². The van der Waals surface area contributed by atoms with Crippen molar-refractivity contribution in [2.75, 3.05) is 31.5 Å². The predicted octanol–water partition coefficient (Wildman–Crippen LogP) is 1.19. The van der Waals surface area contributed by atoms with Gasteiger partial charge in [0.2, 0.25) is 5.91 Å². The first-order valence-corrected chi connectivity index (χ1v) is 12.1. The lowest BCUT2D eigenvalue weighted by Crippen LogP contribution is -2.65. The minimum atomic E-state index is -0.663. The van der Waals surface area contributed by atoms with Gasteiger partial charge >= 0.3 is 0 Å². The van der Waals surface area contributed by atoms with Crippen molar-refractivity contribution in [2.24, 2.45) is 0 Å². The van der Waals surface area contributed by atoms with Crippen LogP contribution in [0.1, 0.15) is 47.8 Å². The molecular formula is C25H32N6O3. The van der Waals surface area contributed by atoms with Crippen molar-refractivity contribution in [3.05, 3.63) is 53.5 Å². The molecule has 1 spiro atoms. The normalized spacial score (nSPS) is 25.2. The number of aromatic nitrogens is 2. The van der Waals surface area contributed by atoms with Crippen LogP contribution in [0.15, 0.2) is 36.7 Å². The molecule has 5 rings (SSSR count). The zero-order chi connectivity index (χ0) is 23.7. The number of aliphatic hydroxyl groups excluding tert-OH is 1. The predicted molar refractivity (Wildman–Crippen MR) is 127 cm³/mol. The third-order valence-electron chi connectivity index (χ3n) is 7.58. The first-order valence-electron chi connectivity index (χ1n) is 12.1. The first kappa shape index (κ1) is 22.7. The fourth-order valence-corrected chi connectivity index (χ4v) is 5.41. The number of amides is 2. The van der Waals surface area contributed by atoms with Crippen LogP contribution in [0, 0.1) is 0 Å². The topological polar surface area (TPSA) is 111 Å². The summed E-state index contributed by atoms with van der Waals surface area (Å²) in [5, 5.41) is 18.0. The molecule has 0 aliphatic carbocycles. The second-order valence-electron chi connectivity index (χ2n) is 9.69. The van der Waals surface area contributed by atoms with Gasteiger partial charge in [0, 0.05) is 51.8 Å². The fourth-order valence-electron chi connectivity index (χ4n) is 5.41. The number of hydrogen-bond donors (Lipinski definition) is 3. The van der Waals surface area contributed by atoms with Crippen molar-refractivity contribution >= 4 is 17.6 Å². The van der Waals surface area contributed by atoms with Gasteiger partial charge in [-0.1, -0.05) is 24.3 Å². The van der Waals surface area contributed by atoms with Gasteiger partial charge in [-0.3, -0.25) is 9.59 Å². The standard InChI is InChI=1S/C25H32N6O3/c1-17(32)30-9-6-20(7-10-30)29-23-12-21(26-16-27-23)24(34)31-11-8-25(22(33)15-31)13-18-4-2-3-5-19(18)14-28-25/h2-5,12,16,20,22,28,33H,6-11,13-15H2,1H3,(H,26,27,29). The van der Waals surface area contributed by atoms with Gasteiger partial charge in [0.1, 0.15) is 17.8 Å². The Morgan fingerprint density at radius 3 is 2.62 bits per heavy atom. The molecule has 3 N–H and O–H groups in total. The number of nitrogens with one attached hydrogen (secondary N) is 2. The molecule has 1 aromatic heterocycles. The van der Waals surface area contributed by atoms with E-state index in [-0.39, 0.29) is 24.4 Å². The van der Waals surface area contributed by atoms with E-state index in [1.165, 1.54) is 17.5 Å². The summed E-state index contributed by atoms with van der Waals surface area (Å²) < 4.78 is 0. The summed E-state index contributed by atoms with van der Waals surface area (Å²) in [4.78, 5) is 36.8. The van der Waals surface area contributed by atoms with Crippen molar-refractivity contribution < 1.29 is 14.7 Å². The second kappa shape index (κ2) is 9.31. The van der Waals surface area contributed by atoms with E-state index in [0.717, 1.165) is 38.9 Å². The molecule has 4 heterocycles. The van der Waals surface area contributed by atoms with Crippen LogP contribution >= 0.6 is 0 Å². The number of rotatable bonds is 3. The van der Waals surface area contributed by atoms with E-state index in [4.69, 9.17) is 0 Å². The maximum atomic E-state index is 13.2. The minimum absolute atomic E-state index is 0.103. The number of likely N-dealkylation sites (tertiary alicyclic amines) is 2. The highest BCUT2D eigenvalue weighted by Gasteiger charge is 2.45. The van der Waals surface area contributed by atoms with Crippen LogP contribution in [-0.4, -0.2) is 80.6 Å². The third kappa shape index (κ3) is 4.50. The number of carbonyl (C=O) groups is 2. The maximum Gasteiger partial charge on any atom is 0.272 e. The summed E-state index contributed by atoms with van der Waals surface area (Å²) in [5.41, 5.74) is 2.45. The van der Waals surface area contributed by atoms with Crippen LogP contribution < -0.4 is 10.6 Å². The van der Waals surface area contributed by atoms with Gasteiger partial charge in [-0.15, -0.1) is 0 Å². The molecule has 34 heavy (non-hydrogen) atoms. The highest BCUT2D eigenvalue weighted by atomic mass is 16.3. The zero-order valence-corrected chi connectivity index (χ0v) is 19.5. The largest absolute Gasteiger partial charge is 0.389 e. The molecule has 0 bridgehead atoms. The van der Waals surface area contributed by atoms with Gasteiger partial charge < -0.3 is 25.5 Å². The van der Waals surface area contributed by atoms with Crippen molar-refractivity contribution in [2.45, 2.75) is 56.8 Å². The lowest BCUT2D eigenvalue weighted by molar-refractivity contribution is -0.129. The number of aliphatic hydroxyl groups is 1. The van der Waals surface area contributed by atoms with E-state index in [0.29, 0.717) is 24.5 Å². The quantitative estimate of drug-likeness (QED) is 0.626. The molecule has 0 saturated carbocycles. The molecule has 2 amide bonds. The molecule has 3 aliphatic heterocycles. The highest BCUT2D eigenvalue weighted by molar-refractivity contribution is 5.93. The first-order chi connectivity index (χ1) is 16.4. The van der Waals surface area contributed by atoms with Crippen molar-refractivity contribution in [3.63, 3.8) is 0 Å². The van der Waals surface area contributed by atoms with Gasteiger partial charge in [0.15, 0.2) is 0 Å². The van der Waals surface area contributed by atoms with Gasteiger partial charge in [-0.25, -0.2) is 9.97 Å². The summed E-state index contributed by atoms with van der Waals surface area (Å²) in [6, 6.07) is 10.2. The van der Waals surface area contributed by atoms with E-state index >= 15 is 0 Å². The summed E-state index contributed by atoms with van der Waals surface area (Å²) in [6.07, 6.45) is 3.86. The summed E-state index contributed by atoms with van der Waals surface area (Å²) in [7, 11) is 0. The number of β-amino-alcohol motifs (C(OH)–C–C–N with tert-alkyl or cyclic N) is 1. The molecule has 1 aromatic carbocycles. The van der Waals surface area contributed by atoms with Crippen molar-refractivity contribution in [1.29, 1.82) is 0 Å². The molecule has 3 aliphatic rings. The average molecular weight is 465 g/mol. The Bertz CT molecular complexity index is 1070. The van der Waals surface area contributed by atoms with Crippen molar-refractivity contribution in [3.8, 4) is 0 Å². The number of carbonyl (C=O) groups excluding carboxylic acids is 2. The second-order valence-corrected chi connectivity index (χ2v) is 9.69. The number of nitrogens with zero attached hydrogens (tertiary/aromatic N) is 4. The van der Waals surface area contributed by atoms with Crippen LogP contribution in [-0.2, 0) is 17.8 Å². The van der Waals surface area contributed by atoms with E-state index in [9.17, 15) is 14.7 Å². The Labute approximate surface area is 199 Å². The highest BCUT2D eigenvalue weighted by Crippen LogP contribution is 2.32. The van der Waals surface area contributed by atoms with E-state index in [2.05, 4.69) is 32.7 Å². The Hall–Kier alpha value is -3.04. The molecular weight excluding hydrogens is 432 g/mol. The van der Waals surface area contributed by atoms with E-state index in [1.54, 1.807) is 17.9 Å². The number of anilines is 1. The smallest absolute Gasteiger partial charge is 0.272 e. The lowest BCUT2D eigenvalue weighted by atomic mass is 9.76. The van der Waals surface area contributed by atoms with Gasteiger partial charge in [-0.05, 0) is 36.8 Å². The Balaban J connectivity index is 1.21. The number of hydrogen-bond acceptors (Lipinski definition) is 7. The summed E-state index contributed by atoms with van der Waals surface area (Å²) in [6.45, 7) is 4.59. The van der Waals surface area contributed by atoms with Crippen molar-refractivity contribution in [1.82, 2.24) is 25.1 Å². The van der Waals surface area contributed by atoms with E-state index in [1.807, 2.05) is 17.0 Å². The molecule has 2 saturated heterocycles. The molecule has 2 unspecified atom stereocenters. The maximum absolute atomic E-state index is 13.2. The summed E-state index contributed by atoms with van der Waals surface area (Å²) in [5.74, 6) is 0.521. The minimum Gasteiger partial charge on any atom is -0.389 e. The number of benzene rings is 1. The van der Waals surface area contributed by atoms with Crippen LogP contribution in [0.25, 0.3) is 0 Å². The number of fused-ring (bicyclic) bond motifs is 1. The Kier molecular flexibility index (Phi) is 6.22. The van der Waals surface area contributed by atoms with Crippen LogP contribution in [0.3, 0.4) is 0 Å². The van der Waals surface area contributed by atoms with Crippen LogP contribution in [0.5, 0.6) is 0 Å². The molecule has 2 fully saturated rings.